The number of carbonyl (C=O) groups excluding carboxylic acids is 1. The molecule has 5 heterocycles. The van der Waals surface area contributed by atoms with E-state index in [2.05, 4.69) is 10.3 Å². The van der Waals surface area contributed by atoms with Gasteiger partial charge in [-0.1, -0.05) is 0 Å². The second-order valence-corrected chi connectivity index (χ2v) is 8.82. The summed E-state index contributed by atoms with van der Waals surface area (Å²) in [5.74, 6) is 1.35. The maximum absolute atomic E-state index is 13.0. The van der Waals surface area contributed by atoms with Crippen molar-refractivity contribution >= 4 is 11.9 Å². The number of nitrogens with one attached hydrogen (secondary N) is 1. The average Bonchev–Trinajstić information content (AvgIpc) is 3.40. The third kappa shape index (κ3) is 3.70. The number of nitrogens with zero attached hydrogens (tertiary/aromatic N) is 4. The van der Waals surface area contributed by atoms with E-state index in [1.807, 2.05) is 41.2 Å². The number of hydrogen-bond donors (Lipinski definition) is 1. The summed E-state index contributed by atoms with van der Waals surface area (Å²) < 4.78 is 13.3. The van der Waals surface area contributed by atoms with Crippen LogP contribution in [-0.2, 0) is 28.5 Å². The SMILES string of the molecule is Cn1ccc(C(=O)N2CCC3(COCc4cnc(NCC5CCOCC5)nc43)C2)c1. The van der Waals surface area contributed by atoms with Gasteiger partial charge in [0.2, 0.25) is 5.95 Å². The number of hydrogen-bond acceptors (Lipinski definition) is 6. The number of carbonyl (C=O) groups is 1. The molecule has 1 spiro atoms. The summed E-state index contributed by atoms with van der Waals surface area (Å²) in [5.41, 5.74) is 2.55. The first-order valence-corrected chi connectivity index (χ1v) is 10.8. The minimum Gasteiger partial charge on any atom is -0.381 e. The summed E-state index contributed by atoms with van der Waals surface area (Å²) >= 11 is 0. The number of likely N-dealkylation sites (tertiary alicyclic amines) is 1. The Balaban J connectivity index is 1.33. The molecule has 2 saturated heterocycles. The summed E-state index contributed by atoms with van der Waals surface area (Å²) in [7, 11) is 1.93. The lowest BCUT2D eigenvalue weighted by Gasteiger charge is -2.34. The van der Waals surface area contributed by atoms with Crippen molar-refractivity contribution < 1.29 is 14.3 Å². The number of ether oxygens (including phenoxy) is 2. The van der Waals surface area contributed by atoms with E-state index in [9.17, 15) is 4.79 Å². The molecule has 8 heteroatoms. The van der Waals surface area contributed by atoms with Gasteiger partial charge < -0.3 is 24.3 Å². The Kier molecular flexibility index (Phi) is 5.20. The summed E-state index contributed by atoms with van der Waals surface area (Å²) in [6, 6.07) is 1.87. The second-order valence-electron chi connectivity index (χ2n) is 8.82. The van der Waals surface area contributed by atoms with Gasteiger partial charge in [-0.2, -0.15) is 0 Å². The molecular formula is C22H29N5O3. The molecule has 2 aromatic rings. The molecule has 2 aromatic heterocycles. The molecule has 160 valence electrons. The van der Waals surface area contributed by atoms with Gasteiger partial charge in [-0.15, -0.1) is 0 Å². The first-order chi connectivity index (χ1) is 14.6. The number of aryl methyl sites for hydroxylation is 1. The van der Waals surface area contributed by atoms with E-state index in [0.29, 0.717) is 38.2 Å². The topological polar surface area (TPSA) is 81.5 Å². The molecule has 3 aliphatic heterocycles. The number of rotatable bonds is 4. The highest BCUT2D eigenvalue weighted by Gasteiger charge is 2.46. The molecule has 8 nitrogen and oxygen atoms in total. The lowest BCUT2D eigenvalue weighted by molar-refractivity contribution is 0.0485. The second kappa shape index (κ2) is 8.00. The monoisotopic (exact) mass is 411 g/mol. The minimum atomic E-state index is -0.254. The zero-order valence-electron chi connectivity index (χ0n) is 17.5. The van der Waals surface area contributed by atoms with Gasteiger partial charge in [-0.05, 0) is 31.2 Å². The summed E-state index contributed by atoms with van der Waals surface area (Å²) in [6.07, 6.45) is 8.67. The maximum atomic E-state index is 13.0. The highest BCUT2D eigenvalue weighted by molar-refractivity contribution is 5.94. The van der Waals surface area contributed by atoms with Crippen molar-refractivity contribution in [1.29, 1.82) is 0 Å². The molecule has 3 aliphatic rings. The first-order valence-electron chi connectivity index (χ1n) is 10.8. The predicted molar refractivity (Wildman–Crippen MR) is 111 cm³/mol. The Morgan fingerprint density at radius 1 is 1.33 bits per heavy atom. The van der Waals surface area contributed by atoms with Crippen LogP contribution in [0.4, 0.5) is 5.95 Å². The van der Waals surface area contributed by atoms with Crippen LogP contribution in [0, 0.1) is 5.92 Å². The van der Waals surface area contributed by atoms with Gasteiger partial charge in [-0.25, -0.2) is 9.97 Å². The van der Waals surface area contributed by atoms with Crippen molar-refractivity contribution in [1.82, 2.24) is 19.4 Å². The predicted octanol–water partition coefficient (Wildman–Crippen LogP) is 1.97. The molecule has 0 bridgehead atoms. The van der Waals surface area contributed by atoms with Crippen LogP contribution in [0.5, 0.6) is 0 Å². The molecule has 0 aromatic carbocycles. The fourth-order valence-corrected chi connectivity index (χ4v) is 4.84. The van der Waals surface area contributed by atoms with E-state index in [4.69, 9.17) is 14.5 Å². The Morgan fingerprint density at radius 3 is 3.00 bits per heavy atom. The Bertz CT molecular complexity index is 923. The van der Waals surface area contributed by atoms with Crippen LogP contribution in [0.2, 0.25) is 0 Å². The van der Waals surface area contributed by atoms with Gasteiger partial charge in [0.05, 0.1) is 29.9 Å². The summed E-state index contributed by atoms with van der Waals surface area (Å²) in [4.78, 5) is 24.3. The van der Waals surface area contributed by atoms with E-state index in [1.54, 1.807) is 0 Å². The maximum Gasteiger partial charge on any atom is 0.255 e. The van der Waals surface area contributed by atoms with Gasteiger partial charge in [-0.3, -0.25) is 4.79 Å². The van der Waals surface area contributed by atoms with Crippen molar-refractivity contribution in [3.8, 4) is 0 Å². The number of fused-ring (bicyclic) bond motifs is 2. The van der Waals surface area contributed by atoms with Crippen molar-refractivity contribution in [3.05, 3.63) is 41.5 Å². The van der Waals surface area contributed by atoms with Gasteiger partial charge in [0.1, 0.15) is 0 Å². The third-order valence-corrected chi connectivity index (χ3v) is 6.61. The van der Waals surface area contributed by atoms with Gasteiger partial charge >= 0.3 is 0 Å². The van der Waals surface area contributed by atoms with Crippen molar-refractivity contribution in [2.45, 2.75) is 31.3 Å². The number of anilines is 1. The molecule has 30 heavy (non-hydrogen) atoms. The number of aromatic nitrogens is 3. The van der Waals surface area contributed by atoms with Crippen molar-refractivity contribution in [2.24, 2.45) is 13.0 Å². The fraction of sp³-hybridized carbons (Fsp3) is 0.591. The van der Waals surface area contributed by atoms with Crippen LogP contribution in [0.1, 0.15) is 40.9 Å². The smallest absolute Gasteiger partial charge is 0.255 e. The lowest BCUT2D eigenvalue weighted by Crippen LogP contribution is -2.41. The quantitative estimate of drug-likeness (QED) is 0.829. The van der Waals surface area contributed by atoms with Crippen LogP contribution < -0.4 is 5.32 Å². The first kappa shape index (κ1) is 19.5. The van der Waals surface area contributed by atoms with Crippen LogP contribution >= 0.6 is 0 Å². The highest BCUT2D eigenvalue weighted by Crippen LogP contribution is 2.39. The average molecular weight is 412 g/mol. The molecule has 1 N–H and O–H groups in total. The molecule has 0 radical (unpaired) electrons. The van der Waals surface area contributed by atoms with Gasteiger partial charge in [0.15, 0.2) is 0 Å². The van der Waals surface area contributed by atoms with E-state index < -0.39 is 0 Å². The molecule has 0 aliphatic carbocycles. The van der Waals surface area contributed by atoms with E-state index in [-0.39, 0.29) is 11.3 Å². The zero-order chi connectivity index (χ0) is 20.6. The lowest BCUT2D eigenvalue weighted by atomic mass is 9.80. The van der Waals surface area contributed by atoms with Crippen LogP contribution in [0.25, 0.3) is 0 Å². The van der Waals surface area contributed by atoms with Crippen molar-refractivity contribution in [3.63, 3.8) is 0 Å². The highest BCUT2D eigenvalue weighted by atomic mass is 16.5. The Labute approximate surface area is 176 Å². The van der Waals surface area contributed by atoms with Crippen molar-refractivity contribution in [2.75, 3.05) is 44.8 Å². The largest absolute Gasteiger partial charge is 0.381 e. The molecule has 1 unspecified atom stereocenters. The third-order valence-electron chi connectivity index (χ3n) is 6.61. The molecule has 0 saturated carbocycles. The van der Waals surface area contributed by atoms with Crippen LogP contribution in [-0.4, -0.2) is 64.8 Å². The molecular weight excluding hydrogens is 382 g/mol. The Hall–Kier alpha value is -2.45. The van der Waals surface area contributed by atoms with Crippen LogP contribution in [0.15, 0.2) is 24.7 Å². The Morgan fingerprint density at radius 2 is 2.20 bits per heavy atom. The van der Waals surface area contributed by atoms with Crippen LogP contribution in [0.3, 0.4) is 0 Å². The normalized spacial score (nSPS) is 24.2. The fourth-order valence-electron chi connectivity index (χ4n) is 4.84. The van der Waals surface area contributed by atoms with E-state index >= 15 is 0 Å². The van der Waals surface area contributed by atoms with E-state index in [1.165, 1.54) is 0 Å². The standard InChI is InChI=1S/C22H29N5O3/c1-26-6-2-17(12-26)20(28)27-7-5-22(14-27)15-30-13-18-11-24-21(25-19(18)22)23-10-16-3-8-29-9-4-16/h2,6,11-12,16H,3-5,7-10,13-15H2,1H3,(H,23,24,25). The zero-order valence-corrected chi connectivity index (χ0v) is 17.5. The summed E-state index contributed by atoms with van der Waals surface area (Å²) in [5, 5.41) is 3.43. The number of amides is 1. The van der Waals surface area contributed by atoms with Gasteiger partial charge in [0.25, 0.3) is 5.91 Å². The molecule has 1 atom stereocenters. The summed E-state index contributed by atoms with van der Waals surface area (Å²) in [6.45, 7) is 5.00. The molecule has 1 amide bonds. The minimum absolute atomic E-state index is 0.0755. The molecule has 5 rings (SSSR count). The van der Waals surface area contributed by atoms with E-state index in [0.717, 1.165) is 55.8 Å². The molecule has 2 fully saturated rings. The van der Waals surface area contributed by atoms with Gasteiger partial charge in [0, 0.05) is 64.0 Å².